The quantitative estimate of drug-likeness (QED) is 0.565. The van der Waals surface area contributed by atoms with E-state index in [0.717, 1.165) is 12.1 Å². The number of hydrogen-bond donors (Lipinski definition) is 0. The Morgan fingerprint density at radius 2 is 2.00 bits per heavy atom. The van der Waals surface area contributed by atoms with E-state index in [2.05, 4.69) is 4.74 Å². The van der Waals surface area contributed by atoms with Crippen molar-refractivity contribution >= 4 is 0 Å². The Morgan fingerprint density at radius 3 is 2.73 bits per heavy atom. The van der Waals surface area contributed by atoms with Crippen LogP contribution < -0.4 is 4.74 Å². The molecule has 4 heteroatoms. The van der Waals surface area contributed by atoms with Gasteiger partial charge in [0.25, 0.3) is 6.36 Å². The van der Waals surface area contributed by atoms with Gasteiger partial charge in [-0.05, 0) is 6.07 Å². The SMILES string of the molecule is Fc1cc2cc(c1F)C(F)O2. The maximum absolute atomic E-state index is 12.6. The van der Waals surface area contributed by atoms with Gasteiger partial charge in [0.15, 0.2) is 11.6 Å². The summed E-state index contributed by atoms with van der Waals surface area (Å²) in [4.78, 5) is 0. The highest BCUT2D eigenvalue weighted by Crippen LogP contribution is 2.35. The Bertz CT molecular complexity index is 311. The molecule has 0 fully saturated rings. The van der Waals surface area contributed by atoms with Crippen molar-refractivity contribution in [2.75, 3.05) is 0 Å². The van der Waals surface area contributed by atoms with Crippen LogP contribution in [0.5, 0.6) is 5.75 Å². The van der Waals surface area contributed by atoms with E-state index in [9.17, 15) is 13.2 Å². The Balaban J connectivity index is 2.65. The van der Waals surface area contributed by atoms with Gasteiger partial charge < -0.3 is 4.74 Å². The molecule has 0 amide bonds. The van der Waals surface area contributed by atoms with Crippen LogP contribution in [-0.2, 0) is 0 Å². The van der Waals surface area contributed by atoms with Gasteiger partial charge in [-0.25, -0.2) is 8.78 Å². The smallest absolute Gasteiger partial charge is 0.267 e. The Morgan fingerprint density at radius 1 is 1.27 bits per heavy atom. The van der Waals surface area contributed by atoms with Crippen molar-refractivity contribution in [1.82, 2.24) is 0 Å². The van der Waals surface area contributed by atoms with Crippen molar-refractivity contribution in [3.63, 3.8) is 0 Å². The molecule has 1 atom stereocenters. The Hall–Kier alpha value is -1.19. The van der Waals surface area contributed by atoms with Crippen molar-refractivity contribution in [2.45, 2.75) is 6.36 Å². The molecule has 0 spiro atoms. The fourth-order valence-electron chi connectivity index (χ4n) is 1.00. The standard InChI is InChI=1S/C7H3F3O/c8-5-2-3-1-4(6(5)9)7(10)11-3/h1-2,7H. The molecule has 11 heavy (non-hydrogen) atoms. The van der Waals surface area contributed by atoms with Gasteiger partial charge in [0.05, 0.1) is 5.56 Å². The van der Waals surface area contributed by atoms with Crippen LogP contribution in [-0.4, -0.2) is 0 Å². The average Bonchev–Trinajstić information content (AvgIpc) is 2.24. The minimum Gasteiger partial charge on any atom is -0.456 e. The van der Waals surface area contributed by atoms with Crippen LogP contribution in [0.3, 0.4) is 0 Å². The van der Waals surface area contributed by atoms with Gasteiger partial charge in [-0.3, -0.25) is 0 Å². The fraction of sp³-hybridized carbons (Fsp3) is 0.143. The summed E-state index contributed by atoms with van der Waals surface area (Å²) in [7, 11) is 0. The summed E-state index contributed by atoms with van der Waals surface area (Å²) < 4.78 is 42.0. The molecule has 0 aromatic heterocycles. The number of benzene rings is 1. The first-order chi connectivity index (χ1) is 5.18. The predicted molar refractivity (Wildman–Crippen MR) is 30.8 cm³/mol. The molecule has 1 nitrogen and oxygen atoms in total. The molecule has 2 rings (SSSR count). The van der Waals surface area contributed by atoms with E-state index < -0.39 is 18.0 Å². The van der Waals surface area contributed by atoms with Gasteiger partial charge in [0.2, 0.25) is 0 Å². The van der Waals surface area contributed by atoms with Crippen molar-refractivity contribution in [3.05, 3.63) is 29.3 Å². The lowest BCUT2D eigenvalue weighted by atomic mass is 10.2. The van der Waals surface area contributed by atoms with Gasteiger partial charge >= 0.3 is 0 Å². The second kappa shape index (κ2) is 1.90. The normalized spacial score (nSPS) is 20.1. The molecular weight excluding hydrogens is 157 g/mol. The summed E-state index contributed by atoms with van der Waals surface area (Å²) in [6.07, 6.45) is -1.85. The molecule has 0 saturated carbocycles. The van der Waals surface area contributed by atoms with E-state index in [1.165, 1.54) is 0 Å². The van der Waals surface area contributed by atoms with Gasteiger partial charge in [0, 0.05) is 6.07 Å². The molecule has 0 radical (unpaired) electrons. The lowest BCUT2D eigenvalue weighted by molar-refractivity contribution is 0.0789. The summed E-state index contributed by atoms with van der Waals surface area (Å²) in [5.41, 5.74) is -0.361. The largest absolute Gasteiger partial charge is 0.456 e. The molecule has 0 N–H and O–H groups in total. The molecule has 1 aromatic carbocycles. The number of ether oxygens (including phenoxy) is 1. The molecule has 2 bridgehead atoms. The minimum atomic E-state index is -1.85. The number of alkyl halides is 1. The first-order valence-electron chi connectivity index (χ1n) is 2.98. The van der Waals surface area contributed by atoms with E-state index >= 15 is 0 Å². The first-order valence-corrected chi connectivity index (χ1v) is 2.98. The summed E-state index contributed by atoms with van der Waals surface area (Å²) in [6, 6.07) is 1.96. The molecule has 58 valence electrons. The van der Waals surface area contributed by atoms with Crippen LogP contribution >= 0.6 is 0 Å². The lowest BCUT2D eigenvalue weighted by Gasteiger charge is -1.97. The predicted octanol–water partition coefficient (Wildman–Crippen LogP) is 2.33. The van der Waals surface area contributed by atoms with E-state index in [-0.39, 0.29) is 11.3 Å². The number of hydrogen-bond acceptors (Lipinski definition) is 1. The van der Waals surface area contributed by atoms with E-state index in [4.69, 9.17) is 0 Å². The van der Waals surface area contributed by atoms with Crippen LogP contribution in [0, 0.1) is 11.6 Å². The highest BCUT2D eigenvalue weighted by molar-refractivity contribution is 5.36. The zero-order valence-electron chi connectivity index (χ0n) is 5.27. The van der Waals surface area contributed by atoms with Crippen molar-refractivity contribution < 1.29 is 17.9 Å². The van der Waals surface area contributed by atoms with E-state index in [0.29, 0.717) is 0 Å². The van der Waals surface area contributed by atoms with Crippen LogP contribution in [0.4, 0.5) is 13.2 Å². The third-order valence-corrected chi connectivity index (χ3v) is 1.51. The highest BCUT2D eigenvalue weighted by atomic mass is 19.2. The minimum absolute atomic E-state index is 0.0337. The van der Waals surface area contributed by atoms with Crippen LogP contribution in [0.25, 0.3) is 0 Å². The molecular formula is C7H3F3O. The molecule has 1 aliphatic heterocycles. The number of halogens is 3. The Labute approximate surface area is 60.4 Å². The van der Waals surface area contributed by atoms with Crippen molar-refractivity contribution in [3.8, 4) is 5.75 Å². The number of rotatable bonds is 0. The third-order valence-electron chi connectivity index (χ3n) is 1.51. The fourth-order valence-corrected chi connectivity index (χ4v) is 1.00. The summed E-state index contributed by atoms with van der Waals surface area (Å²) in [6.45, 7) is 0. The zero-order valence-corrected chi connectivity index (χ0v) is 5.27. The molecule has 0 aliphatic carbocycles. The van der Waals surface area contributed by atoms with Crippen LogP contribution in [0.1, 0.15) is 11.9 Å². The third kappa shape index (κ3) is 0.785. The van der Waals surface area contributed by atoms with Crippen LogP contribution in [0.15, 0.2) is 12.1 Å². The van der Waals surface area contributed by atoms with Gasteiger partial charge in [-0.15, -0.1) is 0 Å². The number of fused-ring (bicyclic) bond motifs is 2. The van der Waals surface area contributed by atoms with Gasteiger partial charge in [-0.2, -0.15) is 4.39 Å². The van der Waals surface area contributed by atoms with Crippen molar-refractivity contribution in [2.24, 2.45) is 0 Å². The first kappa shape index (κ1) is 6.52. The second-order valence-electron chi connectivity index (χ2n) is 2.24. The summed E-state index contributed by atoms with van der Waals surface area (Å²) in [5.74, 6) is -2.21. The molecule has 1 heterocycles. The molecule has 1 unspecified atom stereocenters. The monoisotopic (exact) mass is 160 g/mol. The Kier molecular flexibility index (Phi) is 1.13. The molecule has 1 aromatic rings. The molecule has 0 saturated heterocycles. The zero-order chi connectivity index (χ0) is 8.01. The summed E-state index contributed by atoms with van der Waals surface area (Å²) >= 11 is 0. The van der Waals surface area contributed by atoms with Gasteiger partial charge in [0.1, 0.15) is 5.75 Å². The summed E-state index contributed by atoms with van der Waals surface area (Å²) in [5, 5.41) is 0. The van der Waals surface area contributed by atoms with E-state index in [1.807, 2.05) is 0 Å². The van der Waals surface area contributed by atoms with Crippen molar-refractivity contribution in [1.29, 1.82) is 0 Å². The lowest BCUT2D eigenvalue weighted by Crippen LogP contribution is -1.94. The maximum Gasteiger partial charge on any atom is 0.267 e. The van der Waals surface area contributed by atoms with E-state index in [1.54, 1.807) is 0 Å². The van der Waals surface area contributed by atoms with Crippen LogP contribution in [0.2, 0.25) is 0 Å². The maximum atomic E-state index is 12.6. The van der Waals surface area contributed by atoms with Gasteiger partial charge in [-0.1, -0.05) is 0 Å². The highest BCUT2D eigenvalue weighted by Gasteiger charge is 2.27. The average molecular weight is 160 g/mol. The molecule has 1 aliphatic rings. The topological polar surface area (TPSA) is 9.23 Å². The second-order valence-corrected chi connectivity index (χ2v) is 2.24.